The number of carbonyl (C=O) groups is 3. The lowest BCUT2D eigenvalue weighted by atomic mass is 10.0. The first-order valence-corrected chi connectivity index (χ1v) is 17.7. The van der Waals surface area contributed by atoms with E-state index in [0.717, 1.165) is 85.4 Å². The molecule has 7 rings (SSSR count). The Kier molecular flexibility index (Phi) is 9.52. The summed E-state index contributed by atoms with van der Waals surface area (Å²) in [5.74, 6) is -1.28. The van der Waals surface area contributed by atoms with E-state index in [4.69, 9.17) is 4.42 Å². The van der Waals surface area contributed by atoms with Crippen LogP contribution in [0.5, 0.6) is 0 Å². The smallest absolute Gasteiger partial charge is 0.329 e. The average molecular weight is 695 g/mol. The van der Waals surface area contributed by atoms with Crippen molar-refractivity contribution < 1.29 is 23.2 Å². The maximum atomic E-state index is 14.8. The summed E-state index contributed by atoms with van der Waals surface area (Å²) in [6.07, 6.45) is 3.06. The first-order chi connectivity index (χ1) is 24.6. The van der Waals surface area contributed by atoms with Gasteiger partial charge in [0, 0.05) is 70.6 Å². The second-order valence-corrected chi connectivity index (χ2v) is 13.6. The van der Waals surface area contributed by atoms with Crippen molar-refractivity contribution in [3.63, 3.8) is 0 Å². The highest BCUT2D eigenvalue weighted by atomic mass is 19.1. The van der Waals surface area contributed by atoms with Crippen molar-refractivity contribution in [1.82, 2.24) is 24.3 Å². The minimum absolute atomic E-state index is 0.133. The van der Waals surface area contributed by atoms with Crippen molar-refractivity contribution >= 4 is 45.4 Å². The molecule has 0 aliphatic carbocycles. The molecule has 0 bridgehead atoms. The summed E-state index contributed by atoms with van der Waals surface area (Å²) >= 11 is 0. The van der Waals surface area contributed by atoms with E-state index >= 15 is 0 Å². The van der Waals surface area contributed by atoms with Crippen LogP contribution in [0.3, 0.4) is 0 Å². The van der Waals surface area contributed by atoms with E-state index in [1.807, 2.05) is 37.3 Å². The van der Waals surface area contributed by atoms with Gasteiger partial charge >= 0.3 is 5.69 Å². The van der Waals surface area contributed by atoms with Crippen LogP contribution < -0.4 is 15.9 Å². The van der Waals surface area contributed by atoms with E-state index in [-0.39, 0.29) is 29.7 Å². The van der Waals surface area contributed by atoms with Gasteiger partial charge in [0.1, 0.15) is 17.4 Å². The van der Waals surface area contributed by atoms with Gasteiger partial charge < -0.3 is 14.2 Å². The van der Waals surface area contributed by atoms with Crippen LogP contribution in [0.4, 0.5) is 10.1 Å². The summed E-state index contributed by atoms with van der Waals surface area (Å²) in [4.78, 5) is 56.8. The van der Waals surface area contributed by atoms with Crippen molar-refractivity contribution in [3.8, 4) is 11.1 Å². The molecular weight excluding hydrogens is 651 g/mol. The third kappa shape index (κ3) is 6.56. The number of imidazole rings is 1. The Hall–Kier alpha value is -5.23. The van der Waals surface area contributed by atoms with Crippen LogP contribution >= 0.6 is 0 Å². The lowest BCUT2D eigenvalue weighted by molar-refractivity contribution is -0.135. The van der Waals surface area contributed by atoms with Gasteiger partial charge in [-0.15, -0.1) is 0 Å². The molecule has 2 fully saturated rings. The molecule has 2 saturated heterocycles. The fourth-order valence-electron chi connectivity index (χ4n) is 7.57. The van der Waals surface area contributed by atoms with Gasteiger partial charge in [0.15, 0.2) is 5.76 Å². The van der Waals surface area contributed by atoms with E-state index in [2.05, 4.69) is 27.2 Å². The van der Waals surface area contributed by atoms with Crippen LogP contribution in [-0.2, 0) is 23.1 Å². The number of aryl methyl sites for hydroxylation is 2. The van der Waals surface area contributed by atoms with Crippen LogP contribution in [0.2, 0.25) is 0 Å². The van der Waals surface area contributed by atoms with E-state index in [0.29, 0.717) is 23.9 Å². The van der Waals surface area contributed by atoms with Gasteiger partial charge in [-0.1, -0.05) is 31.2 Å². The van der Waals surface area contributed by atoms with Crippen molar-refractivity contribution in [3.05, 3.63) is 88.3 Å². The Morgan fingerprint density at radius 1 is 1.02 bits per heavy atom. The first-order valence-electron chi connectivity index (χ1n) is 17.7. The van der Waals surface area contributed by atoms with Gasteiger partial charge in [-0.2, -0.15) is 0 Å². The minimum Gasteiger partial charge on any atom is -0.450 e. The molecule has 2 aliphatic rings. The zero-order valence-corrected chi connectivity index (χ0v) is 29.3. The topological polar surface area (TPSA) is 113 Å². The minimum atomic E-state index is -0.695. The second-order valence-electron chi connectivity index (χ2n) is 13.6. The Morgan fingerprint density at radius 3 is 2.51 bits per heavy atom. The summed E-state index contributed by atoms with van der Waals surface area (Å²) < 4.78 is 23.9. The highest BCUT2D eigenvalue weighted by Crippen LogP contribution is 2.34. The van der Waals surface area contributed by atoms with E-state index in [1.165, 1.54) is 16.7 Å². The quantitative estimate of drug-likeness (QED) is 0.202. The molecule has 1 atom stereocenters. The number of halogens is 1. The molecule has 0 spiro atoms. The van der Waals surface area contributed by atoms with Gasteiger partial charge in [0.25, 0.3) is 5.91 Å². The number of furan rings is 1. The molecule has 5 aromatic rings. The SMILES string of the molecule is CCCN(C)C(=O)c1cc2c(F)ccc(-c3ccc(N4CCN(CCCc5cccc6c5n(C)c(=O)n6C5CCC(=O)NC5=O)CC4)cc3)c2o1. The molecule has 11 nitrogen and oxygen atoms in total. The molecule has 266 valence electrons. The molecule has 0 radical (unpaired) electrons. The summed E-state index contributed by atoms with van der Waals surface area (Å²) in [6.45, 7) is 7.12. The second kappa shape index (κ2) is 14.2. The number of amides is 3. The molecule has 51 heavy (non-hydrogen) atoms. The first kappa shape index (κ1) is 34.2. The lowest BCUT2D eigenvalue weighted by Gasteiger charge is -2.36. The predicted octanol–water partition coefficient (Wildman–Crippen LogP) is 5.11. The summed E-state index contributed by atoms with van der Waals surface area (Å²) in [5, 5.41) is 2.67. The number of carbonyl (C=O) groups excluding carboxylic acids is 3. The number of piperidine rings is 1. The van der Waals surface area contributed by atoms with Crippen molar-refractivity contribution in [1.29, 1.82) is 0 Å². The van der Waals surface area contributed by atoms with Gasteiger partial charge in [-0.05, 0) is 73.7 Å². The van der Waals surface area contributed by atoms with Crippen LogP contribution in [0, 0.1) is 5.82 Å². The lowest BCUT2D eigenvalue weighted by Crippen LogP contribution is -2.46. The Bertz CT molecular complexity index is 2180. The highest BCUT2D eigenvalue weighted by Gasteiger charge is 2.31. The van der Waals surface area contributed by atoms with Gasteiger partial charge in [0.2, 0.25) is 11.8 Å². The maximum Gasteiger partial charge on any atom is 0.329 e. The van der Waals surface area contributed by atoms with Crippen molar-refractivity contribution in [2.24, 2.45) is 7.05 Å². The average Bonchev–Trinajstić information content (AvgIpc) is 3.69. The number of aromatic nitrogens is 2. The maximum absolute atomic E-state index is 14.8. The largest absolute Gasteiger partial charge is 0.450 e. The highest BCUT2D eigenvalue weighted by molar-refractivity contribution is 6.01. The van der Waals surface area contributed by atoms with Gasteiger partial charge in [-0.3, -0.25) is 33.7 Å². The van der Waals surface area contributed by atoms with Crippen LogP contribution in [0.15, 0.2) is 69.9 Å². The van der Waals surface area contributed by atoms with E-state index < -0.39 is 17.8 Å². The van der Waals surface area contributed by atoms with E-state index in [1.54, 1.807) is 29.6 Å². The van der Waals surface area contributed by atoms with Gasteiger partial charge in [0.05, 0.1) is 16.4 Å². The van der Waals surface area contributed by atoms with Crippen LogP contribution in [0.1, 0.15) is 54.8 Å². The number of hydrogen-bond acceptors (Lipinski definition) is 7. The Balaban J connectivity index is 0.971. The number of imide groups is 1. The molecule has 0 saturated carbocycles. The van der Waals surface area contributed by atoms with Crippen molar-refractivity contribution in [2.75, 3.05) is 51.2 Å². The number of anilines is 1. The molecule has 1 unspecified atom stereocenters. The van der Waals surface area contributed by atoms with Crippen molar-refractivity contribution in [2.45, 2.75) is 45.1 Å². The molecule has 2 aromatic heterocycles. The fourth-order valence-corrected chi connectivity index (χ4v) is 7.57. The number of piperazine rings is 1. The Labute approximate surface area is 295 Å². The summed E-state index contributed by atoms with van der Waals surface area (Å²) in [7, 11) is 3.46. The standard InChI is InChI=1S/C39H43FN6O5/c1-4-18-42(2)38(49)33-24-29-30(40)15-14-28(36(29)51-33)25-10-12-27(13-11-25)45-22-20-44(21-23-45)19-6-8-26-7-5-9-31-35(26)43(3)39(50)46(31)32-16-17-34(47)41-37(32)48/h5,7,9-15,24,32H,4,6,8,16-23H2,1-3H3,(H,41,47,48). The molecular formula is C39H43FN6O5. The number of para-hydroxylation sites is 1. The number of nitrogens with one attached hydrogen (secondary N) is 1. The Morgan fingerprint density at radius 2 is 1.78 bits per heavy atom. The molecule has 1 N–H and O–H groups in total. The zero-order chi connectivity index (χ0) is 35.8. The van der Waals surface area contributed by atoms with Gasteiger partial charge in [-0.25, -0.2) is 9.18 Å². The number of nitrogens with zero attached hydrogens (tertiary/aromatic N) is 5. The normalized spacial score (nSPS) is 17.0. The summed E-state index contributed by atoms with van der Waals surface area (Å²) in [5.41, 5.74) is 5.48. The molecule has 3 aromatic carbocycles. The molecule has 3 amide bonds. The third-order valence-corrected chi connectivity index (χ3v) is 10.3. The number of hydrogen-bond donors (Lipinski definition) is 1. The molecule has 12 heteroatoms. The number of rotatable bonds is 10. The summed E-state index contributed by atoms with van der Waals surface area (Å²) in [6, 6.07) is 18.0. The molecule has 4 heterocycles. The fraction of sp³-hybridized carbons (Fsp3) is 0.385. The zero-order valence-electron chi connectivity index (χ0n) is 29.3. The van der Waals surface area contributed by atoms with Crippen LogP contribution in [-0.4, -0.2) is 83.0 Å². The van der Waals surface area contributed by atoms with Crippen LogP contribution in [0.25, 0.3) is 33.1 Å². The van der Waals surface area contributed by atoms with E-state index in [9.17, 15) is 23.6 Å². The molecule has 2 aliphatic heterocycles. The number of benzene rings is 3. The number of fused-ring (bicyclic) bond motifs is 2. The third-order valence-electron chi connectivity index (χ3n) is 10.3. The predicted molar refractivity (Wildman–Crippen MR) is 194 cm³/mol. The monoisotopic (exact) mass is 694 g/mol.